The molecule has 1 saturated heterocycles. The maximum atomic E-state index is 13.5. The summed E-state index contributed by atoms with van der Waals surface area (Å²) < 4.78 is 20.8. The first-order chi connectivity index (χ1) is 15.0. The molecule has 0 radical (unpaired) electrons. The lowest BCUT2D eigenvalue weighted by atomic mass is 10.00. The summed E-state index contributed by atoms with van der Waals surface area (Å²) >= 11 is 0. The minimum Gasteiger partial charge on any atom is -0.488 e. The first-order valence-electron chi connectivity index (χ1n) is 10.3. The monoisotopic (exact) mass is 415 g/mol. The van der Waals surface area contributed by atoms with Crippen LogP contribution in [0.15, 0.2) is 65.5 Å². The molecule has 5 nitrogen and oxygen atoms in total. The van der Waals surface area contributed by atoms with Gasteiger partial charge in [0.05, 0.1) is 16.8 Å². The van der Waals surface area contributed by atoms with Gasteiger partial charge < -0.3 is 10.1 Å². The maximum Gasteiger partial charge on any atom is 0.279 e. The summed E-state index contributed by atoms with van der Waals surface area (Å²) in [7, 11) is 0. The van der Waals surface area contributed by atoms with E-state index in [9.17, 15) is 9.18 Å². The van der Waals surface area contributed by atoms with E-state index in [1.54, 1.807) is 12.1 Å². The van der Waals surface area contributed by atoms with Crippen molar-refractivity contribution in [1.82, 2.24) is 15.1 Å². The van der Waals surface area contributed by atoms with Crippen LogP contribution in [0.1, 0.15) is 11.1 Å². The summed E-state index contributed by atoms with van der Waals surface area (Å²) in [4.78, 5) is 13.3. The Balaban J connectivity index is 1.67. The second-order valence-electron chi connectivity index (χ2n) is 7.95. The summed E-state index contributed by atoms with van der Waals surface area (Å²) in [5.74, 6) is 0.444. The molecule has 2 heterocycles. The van der Waals surface area contributed by atoms with Gasteiger partial charge in [-0.05, 0) is 85.6 Å². The summed E-state index contributed by atoms with van der Waals surface area (Å²) in [6.07, 6.45) is 0.184. The molecule has 0 amide bonds. The van der Waals surface area contributed by atoms with Gasteiger partial charge in [0.2, 0.25) is 0 Å². The van der Waals surface area contributed by atoms with Crippen LogP contribution in [-0.2, 0) is 0 Å². The second-order valence-corrected chi connectivity index (χ2v) is 7.95. The SMILES string of the molecule is Cc1cc2c(-c3ccc(F)cc3)nn(-c3ccc(OC4CNC4)cc3)c(=O)c2cc1C. The van der Waals surface area contributed by atoms with Gasteiger partial charge in [-0.25, -0.2) is 4.39 Å². The molecule has 0 unspecified atom stereocenters. The third kappa shape index (κ3) is 3.59. The van der Waals surface area contributed by atoms with Crippen LogP contribution in [0.5, 0.6) is 5.75 Å². The van der Waals surface area contributed by atoms with E-state index in [1.165, 1.54) is 16.8 Å². The number of aryl methyl sites for hydroxylation is 2. The number of nitrogens with one attached hydrogen (secondary N) is 1. The number of rotatable bonds is 4. The highest BCUT2D eigenvalue weighted by atomic mass is 19.1. The minimum atomic E-state index is -0.314. The molecule has 31 heavy (non-hydrogen) atoms. The molecular formula is C25H22FN3O2. The second kappa shape index (κ2) is 7.63. The normalized spacial score (nSPS) is 13.9. The number of benzene rings is 3. The van der Waals surface area contributed by atoms with Crippen LogP contribution >= 0.6 is 0 Å². The Morgan fingerprint density at radius 2 is 1.61 bits per heavy atom. The van der Waals surface area contributed by atoms with Crippen LogP contribution in [-0.4, -0.2) is 29.0 Å². The fraction of sp³-hybridized carbons (Fsp3) is 0.200. The van der Waals surface area contributed by atoms with Crippen LogP contribution in [0.4, 0.5) is 4.39 Å². The van der Waals surface area contributed by atoms with Gasteiger partial charge >= 0.3 is 0 Å². The molecule has 1 fully saturated rings. The van der Waals surface area contributed by atoms with Crippen LogP contribution in [0, 0.1) is 19.7 Å². The van der Waals surface area contributed by atoms with Crippen molar-refractivity contribution in [1.29, 1.82) is 0 Å². The fourth-order valence-corrected chi connectivity index (χ4v) is 3.70. The number of halogens is 1. The highest BCUT2D eigenvalue weighted by Gasteiger charge is 2.19. The zero-order valence-corrected chi connectivity index (χ0v) is 17.4. The maximum absolute atomic E-state index is 13.5. The molecular weight excluding hydrogens is 393 g/mol. The van der Waals surface area contributed by atoms with Crippen molar-refractivity contribution in [3.8, 4) is 22.7 Å². The summed E-state index contributed by atoms with van der Waals surface area (Å²) in [5.41, 5.74) is 3.94. The number of nitrogens with zero attached hydrogens (tertiary/aromatic N) is 2. The van der Waals surface area contributed by atoms with E-state index >= 15 is 0 Å². The van der Waals surface area contributed by atoms with E-state index in [1.807, 2.05) is 50.2 Å². The first-order valence-corrected chi connectivity index (χ1v) is 10.3. The Morgan fingerprint density at radius 3 is 2.23 bits per heavy atom. The third-order valence-corrected chi connectivity index (χ3v) is 5.76. The molecule has 1 N–H and O–H groups in total. The summed E-state index contributed by atoms with van der Waals surface area (Å²) in [6.45, 7) is 5.67. The van der Waals surface area contributed by atoms with Crippen molar-refractivity contribution in [2.75, 3.05) is 13.1 Å². The van der Waals surface area contributed by atoms with Gasteiger partial charge in [-0.2, -0.15) is 9.78 Å². The predicted octanol–water partition coefficient (Wildman–Crippen LogP) is 4.16. The molecule has 0 spiro atoms. The molecule has 6 heteroatoms. The summed E-state index contributed by atoms with van der Waals surface area (Å²) in [6, 6.07) is 17.4. The van der Waals surface area contributed by atoms with Crippen molar-refractivity contribution in [3.05, 3.63) is 88.0 Å². The standard InChI is InChI=1S/C25H22FN3O2/c1-15-11-22-23(12-16(15)2)25(30)29(28-24(22)17-3-5-18(26)6-4-17)19-7-9-20(10-8-19)31-21-13-27-14-21/h3-12,21,27H,13-14H2,1-2H3. The topological polar surface area (TPSA) is 56.1 Å². The highest BCUT2D eigenvalue weighted by molar-refractivity contribution is 5.95. The fourth-order valence-electron chi connectivity index (χ4n) is 3.70. The first kappa shape index (κ1) is 19.5. The van der Waals surface area contributed by atoms with E-state index < -0.39 is 0 Å². The van der Waals surface area contributed by atoms with Crippen LogP contribution in [0.3, 0.4) is 0 Å². The zero-order valence-electron chi connectivity index (χ0n) is 17.4. The van der Waals surface area contributed by atoms with Gasteiger partial charge in [0.15, 0.2) is 0 Å². The van der Waals surface area contributed by atoms with Gasteiger partial charge in [-0.3, -0.25) is 4.79 Å². The van der Waals surface area contributed by atoms with E-state index in [0.29, 0.717) is 16.8 Å². The molecule has 0 atom stereocenters. The Bertz CT molecular complexity index is 1320. The minimum absolute atomic E-state index is 0.184. The molecule has 0 saturated carbocycles. The lowest BCUT2D eigenvalue weighted by Gasteiger charge is -2.27. The van der Waals surface area contributed by atoms with E-state index in [2.05, 4.69) is 5.32 Å². The predicted molar refractivity (Wildman–Crippen MR) is 119 cm³/mol. The number of ether oxygens (including phenoxy) is 1. The van der Waals surface area contributed by atoms with E-state index in [0.717, 1.165) is 40.9 Å². The number of fused-ring (bicyclic) bond motifs is 1. The van der Waals surface area contributed by atoms with Gasteiger partial charge in [-0.15, -0.1) is 0 Å². The Kier molecular flexibility index (Phi) is 4.79. The average molecular weight is 415 g/mol. The van der Waals surface area contributed by atoms with Crippen molar-refractivity contribution < 1.29 is 9.13 Å². The van der Waals surface area contributed by atoms with Crippen molar-refractivity contribution >= 4 is 10.8 Å². The molecule has 1 aromatic heterocycles. The van der Waals surface area contributed by atoms with E-state index in [-0.39, 0.29) is 17.5 Å². The largest absolute Gasteiger partial charge is 0.488 e. The van der Waals surface area contributed by atoms with Gasteiger partial charge in [0.1, 0.15) is 17.7 Å². The summed E-state index contributed by atoms with van der Waals surface area (Å²) in [5, 5.41) is 9.20. The molecule has 0 aliphatic carbocycles. The quantitative estimate of drug-likeness (QED) is 0.544. The smallest absolute Gasteiger partial charge is 0.279 e. The lowest BCUT2D eigenvalue weighted by Crippen LogP contribution is -2.50. The Morgan fingerprint density at radius 1 is 0.968 bits per heavy atom. The molecule has 156 valence electrons. The van der Waals surface area contributed by atoms with Gasteiger partial charge in [-0.1, -0.05) is 0 Å². The number of hydrogen-bond donors (Lipinski definition) is 1. The van der Waals surface area contributed by atoms with Gasteiger partial charge in [0, 0.05) is 24.0 Å². The van der Waals surface area contributed by atoms with Crippen molar-refractivity contribution in [2.24, 2.45) is 0 Å². The van der Waals surface area contributed by atoms with Crippen molar-refractivity contribution in [3.63, 3.8) is 0 Å². The lowest BCUT2D eigenvalue weighted by molar-refractivity contribution is 0.142. The van der Waals surface area contributed by atoms with E-state index in [4.69, 9.17) is 9.84 Å². The van der Waals surface area contributed by atoms with Gasteiger partial charge in [0.25, 0.3) is 5.56 Å². The van der Waals surface area contributed by atoms with Crippen LogP contribution in [0.2, 0.25) is 0 Å². The van der Waals surface area contributed by atoms with Crippen molar-refractivity contribution in [2.45, 2.75) is 20.0 Å². The Labute approximate surface area is 179 Å². The molecule has 3 aromatic carbocycles. The van der Waals surface area contributed by atoms with Crippen LogP contribution in [0.25, 0.3) is 27.7 Å². The van der Waals surface area contributed by atoms with Crippen LogP contribution < -0.4 is 15.6 Å². The highest BCUT2D eigenvalue weighted by Crippen LogP contribution is 2.28. The molecule has 1 aliphatic rings. The average Bonchev–Trinajstić information content (AvgIpc) is 2.74. The number of aromatic nitrogens is 2. The third-order valence-electron chi connectivity index (χ3n) is 5.76. The molecule has 4 aromatic rings. The zero-order chi connectivity index (χ0) is 21.5. The molecule has 0 bridgehead atoms. The molecule has 5 rings (SSSR count). The number of hydrogen-bond acceptors (Lipinski definition) is 4. The molecule has 1 aliphatic heterocycles. The Hall–Kier alpha value is -3.51.